The van der Waals surface area contributed by atoms with Crippen molar-refractivity contribution in [2.45, 2.75) is 12.2 Å². The summed E-state index contributed by atoms with van der Waals surface area (Å²) in [6.07, 6.45) is -5.38. The first kappa shape index (κ1) is 17.4. The molecule has 0 fully saturated rings. The molecule has 0 saturated carbocycles. The summed E-state index contributed by atoms with van der Waals surface area (Å²) in [6, 6.07) is 1.00. The summed E-state index contributed by atoms with van der Waals surface area (Å²) >= 11 is 0. The first-order valence-electron chi connectivity index (χ1n) is 5.58. The smallest absolute Gasteiger partial charge is 0.471 e. The summed E-state index contributed by atoms with van der Waals surface area (Å²) in [5.41, 5.74) is -1.01. The quantitative estimate of drug-likeness (QED) is 0.614. The van der Waals surface area contributed by atoms with Gasteiger partial charge in [-0.2, -0.15) is 13.2 Å². The number of carbonyl (C=O) groups excluding carboxylic acids is 1. The summed E-state index contributed by atoms with van der Waals surface area (Å²) in [5, 5.41) is 28.3. The third-order valence-electron chi connectivity index (χ3n) is 2.57. The van der Waals surface area contributed by atoms with Gasteiger partial charge in [-0.05, 0) is 12.1 Å². The van der Waals surface area contributed by atoms with E-state index in [1.165, 1.54) is 0 Å². The minimum absolute atomic E-state index is 0.175. The van der Waals surface area contributed by atoms with Crippen LogP contribution in [0.2, 0.25) is 0 Å². The molecule has 0 heterocycles. The number of non-ortho nitro benzene ring substituents is 1. The Morgan fingerprint density at radius 2 is 1.77 bits per heavy atom. The molecule has 120 valence electrons. The van der Waals surface area contributed by atoms with Crippen molar-refractivity contribution in [3.05, 3.63) is 34.4 Å². The molecule has 0 aromatic heterocycles. The van der Waals surface area contributed by atoms with Crippen molar-refractivity contribution >= 4 is 23.3 Å². The number of rotatable bonds is 5. The van der Waals surface area contributed by atoms with Gasteiger partial charge in [-0.1, -0.05) is 0 Å². The number of nitro groups is 1. The lowest BCUT2D eigenvalue weighted by molar-refractivity contribution is -0.384. The fraction of sp³-hybridized carbons (Fsp3) is 0.273. The van der Waals surface area contributed by atoms with Crippen LogP contribution in [0.25, 0.3) is 0 Å². The van der Waals surface area contributed by atoms with Gasteiger partial charge in [-0.25, -0.2) is 4.79 Å². The van der Waals surface area contributed by atoms with E-state index in [0.29, 0.717) is 0 Å². The lowest BCUT2D eigenvalue weighted by atomic mass is 10.2. The van der Waals surface area contributed by atoms with Gasteiger partial charge in [0, 0.05) is 17.8 Å². The summed E-state index contributed by atoms with van der Waals surface area (Å²) < 4.78 is 37.7. The molecule has 0 saturated heterocycles. The zero-order chi connectivity index (χ0) is 17.1. The van der Waals surface area contributed by atoms with Crippen LogP contribution in [0, 0.1) is 10.1 Å². The number of amides is 1. The van der Waals surface area contributed by atoms with E-state index in [-0.39, 0.29) is 4.90 Å². The lowest BCUT2D eigenvalue weighted by Gasteiger charge is -2.28. The number of alkyl halides is 3. The van der Waals surface area contributed by atoms with Gasteiger partial charge in [0.25, 0.3) is 5.69 Å². The van der Waals surface area contributed by atoms with Gasteiger partial charge in [0.15, 0.2) is 6.04 Å². The molecule has 1 rings (SSSR count). The van der Waals surface area contributed by atoms with Crippen LogP contribution in [0.15, 0.2) is 24.3 Å². The number of nitrogens with zero attached hydrogens (tertiary/aromatic N) is 2. The number of aliphatic carboxylic acids is 1. The second-order valence-corrected chi connectivity index (χ2v) is 3.98. The fourth-order valence-electron chi connectivity index (χ4n) is 1.58. The molecular weight excluding hydrogens is 313 g/mol. The molecule has 1 atom stereocenters. The molecule has 11 heteroatoms. The molecule has 22 heavy (non-hydrogen) atoms. The van der Waals surface area contributed by atoms with E-state index in [1.807, 2.05) is 0 Å². The number of carboxylic acids is 1. The third-order valence-corrected chi connectivity index (χ3v) is 2.57. The van der Waals surface area contributed by atoms with Crippen LogP contribution in [-0.2, 0) is 9.59 Å². The highest BCUT2D eigenvalue weighted by Gasteiger charge is 2.47. The number of hydrogen-bond donors (Lipinski definition) is 2. The zero-order valence-corrected chi connectivity index (χ0v) is 10.6. The summed E-state index contributed by atoms with van der Waals surface area (Å²) in [7, 11) is 0. The molecule has 1 aromatic carbocycles. The van der Waals surface area contributed by atoms with Crippen molar-refractivity contribution < 1.29 is 37.9 Å². The van der Waals surface area contributed by atoms with Gasteiger partial charge < -0.3 is 10.2 Å². The number of carboxylic acid groups (broad SMARTS) is 1. The summed E-state index contributed by atoms with van der Waals surface area (Å²) in [4.78, 5) is 31.8. The minimum atomic E-state index is -5.38. The highest BCUT2D eigenvalue weighted by atomic mass is 19.4. The fourth-order valence-corrected chi connectivity index (χ4v) is 1.58. The molecular formula is C11H9F3N2O6. The number of benzene rings is 1. The van der Waals surface area contributed by atoms with Crippen molar-refractivity contribution in [3.63, 3.8) is 0 Å². The molecule has 8 nitrogen and oxygen atoms in total. The van der Waals surface area contributed by atoms with Gasteiger partial charge in [-0.3, -0.25) is 19.8 Å². The number of aliphatic hydroxyl groups excluding tert-OH is 1. The maximum atomic E-state index is 12.6. The topological polar surface area (TPSA) is 121 Å². The van der Waals surface area contributed by atoms with Crippen LogP contribution in [0.5, 0.6) is 0 Å². The number of hydrogen-bond acceptors (Lipinski definition) is 5. The average Bonchev–Trinajstić information content (AvgIpc) is 2.42. The van der Waals surface area contributed by atoms with Crippen LogP contribution in [0.4, 0.5) is 24.5 Å². The Balaban J connectivity index is 3.34. The predicted molar refractivity (Wildman–Crippen MR) is 65.1 cm³/mol. The predicted octanol–water partition coefficient (Wildman–Crippen LogP) is 0.936. The molecule has 0 bridgehead atoms. The monoisotopic (exact) mass is 322 g/mol. The Hall–Kier alpha value is -2.69. The van der Waals surface area contributed by atoms with Crippen LogP contribution in [0.3, 0.4) is 0 Å². The molecule has 0 aliphatic carbocycles. The van der Waals surface area contributed by atoms with E-state index in [1.54, 1.807) is 0 Å². The van der Waals surface area contributed by atoms with Crippen molar-refractivity contribution in [2.75, 3.05) is 11.5 Å². The summed E-state index contributed by atoms with van der Waals surface area (Å²) in [6.45, 7) is -1.27. The van der Waals surface area contributed by atoms with Gasteiger partial charge in [0.05, 0.1) is 11.5 Å². The van der Waals surface area contributed by atoms with Crippen LogP contribution < -0.4 is 4.90 Å². The average molecular weight is 322 g/mol. The second kappa shape index (κ2) is 6.39. The molecule has 0 aliphatic heterocycles. The number of aliphatic hydroxyl groups is 1. The molecule has 0 radical (unpaired) electrons. The molecule has 0 spiro atoms. The molecule has 0 aliphatic rings. The second-order valence-electron chi connectivity index (χ2n) is 3.98. The van der Waals surface area contributed by atoms with Crippen molar-refractivity contribution in [3.8, 4) is 0 Å². The maximum absolute atomic E-state index is 12.6. The van der Waals surface area contributed by atoms with Gasteiger partial charge in [0.1, 0.15) is 0 Å². The van der Waals surface area contributed by atoms with E-state index >= 15 is 0 Å². The standard InChI is InChI=1S/C11H9F3N2O6/c12-11(13,14)10(20)15(8(5-17)9(18)19)6-1-3-7(4-2-6)16(21)22/h1-4,8,17H,5H2,(H,18,19)/t8-/m0/s1. The number of carbonyl (C=O) groups is 2. The molecule has 1 aromatic rings. The Bertz CT molecular complexity index is 586. The highest BCUT2D eigenvalue weighted by molar-refractivity contribution is 6.02. The van der Waals surface area contributed by atoms with Gasteiger partial charge >= 0.3 is 18.1 Å². The molecule has 1 amide bonds. The SMILES string of the molecule is O=C(O)[C@H](CO)N(C(=O)C(F)(F)F)c1ccc([N+](=O)[O-])cc1. The van der Waals surface area contributed by atoms with Gasteiger partial charge in [-0.15, -0.1) is 0 Å². The Morgan fingerprint density at radius 1 is 1.27 bits per heavy atom. The van der Waals surface area contributed by atoms with E-state index < -0.39 is 47.0 Å². The Morgan fingerprint density at radius 3 is 2.09 bits per heavy atom. The molecule has 0 unspecified atom stereocenters. The number of anilines is 1. The highest BCUT2D eigenvalue weighted by Crippen LogP contribution is 2.27. The lowest BCUT2D eigenvalue weighted by Crippen LogP contribution is -2.52. The third kappa shape index (κ3) is 3.69. The first-order valence-corrected chi connectivity index (χ1v) is 5.58. The van der Waals surface area contributed by atoms with E-state index in [0.717, 1.165) is 24.3 Å². The Kier molecular flexibility index (Phi) is 5.04. The van der Waals surface area contributed by atoms with Crippen LogP contribution in [0.1, 0.15) is 0 Å². The first-order chi connectivity index (χ1) is 10.1. The van der Waals surface area contributed by atoms with E-state index in [4.69, 9.17) is 10.2 Å². The van der Waals surface area contributed by atoms with Crippen LogP contribution >= 0.6 is 0 Å². The normalized spacial score (nSPS) is 12.5. The van der Waals surface area contributed by atoms with Crippen LogP contribution in [-0.4, -0.2) is 45.8 Å². The number of halogens is 3. The maximum Gasteiger partial charge on any atom is 0.471 e. The minimum Gasteiger partial charge on any atom is -0.480 e. The van der Waals surface area contributed by atoms with Crippen molar-refractivity contribution in [1.29, 1.82) is 0 Å². The van der Waals surface area contributed by atoms with Gasteiger partial charge in [0.2, 0.25) is 0 Å². The number of nitro benzene ring substituents is 1. The Labute approximate surface area is 120 Å². The molecule has 2 N–H and O–H groups in total. The zero-order valence-electron chi connectivity index (χ0n) is 10.6. The summed E-state index contributed by atoms with van der Waals surface area (Å²) in [5.74, 6) is -4.37. The van der Waals surface area contributed by atoms with Crippen molar-refractivity contribution in [2.24, 2.45) is 0 Å². The van der Waals surface area contributed by atoms with E-state index in [2.05, 4.69) is 0 Å². The van der Waals surface area contributed by atoms with E-state index in [9.17, 15) is 32.9 Å². The van der Waals surface area contributed by atoms with Crippen molar-refractivity contribution in [1.82, 2.24) is 0 Å². The largest absolute Gasteiger partial charge is 0.480 e.